The van der Waals surface area contributed by atoms with Gasteiger partial charge in [0.1, 0.15) is 16.4 Å². The summed E-state index contributed by atoms with van der Waals surface area (Å²) in [6, 6.07) is 19.5. The van der Waals surface area contributed by atoms with E-state index in [4.69, 9.17) is 9.47 Å². The van der Waals surface area contributed by atoms with Crippen LogP contribution in [0.5, 0.6) is 11.5 Å². The number of ether oxygens (including phenoxy) is 2. The molecule has 3 aromatic rings. The number of Topliss-reactive ketones (excluding diaryl/α,β-unsaturated/α-hetero) is 1. The average Bonchev–Trinajstić information content (AvgIpc) is 2.84. The molecule has 0 bridgehead atoms. The Bertz CT molecular complexity index is 1240. The first-order valence-electron chi connectivity index (χ1n) is 10.6. The molecule has 0 aromatic heterocycles. The van der Waals surface area contributed by atoms with Crippen LogP contribution in [0.3, 0.4) is 0 Å². The predicted molar refractivity (Wildman–Crippen MR) is 130 cm³/mol. The zero-order chi connectivity index (χ0) is 24.6. The molecule has 0 saturated heterocycles. The fourth-order valence-electron chi connectivity index (χ4n) is 3.18. The fourth-order valence-corrected chi connectivity index (χ4v) is 4.43. The molecule has 0 unspecified atom stereocenters. The normalized spacial score (nSPS) is 10.9. The molecule has 2 N–H and O–H groups in total. The van der Waals surface area contributed by atoms with E-state index >= 15 is 0 Å². The number of carbonyl (C=O) groups is 2. The van der Waals surface area contributed by atoms with Crippen LogP contribution >= 0.6 is 0 Å². The topological polar surface area (TPSA) is 111 Å². The van der Waals surface area contributed by atoms with Gasteiger partial charge in [-0.1, -0.05) is 30.3 Å². The largest absolute Gasteiger partial charge is 0.495 e. The van der Waals surface area contributed by atoms with Gasteiger partial charge in [-0.25, -0.2) is 8.42 Å². The molecule has 34 heavy (non-hydrogen) atoms. The maximum absolute atomic E-state index is 13.0. The average molecular weight is 483 g/mol. The Balaban J connectivity index is 1.70. The summed E-state index contributed by atoms with van der Waals surface area (Å²) < 4.78 is 39.1. The lowest BCUT2D eigenvalue weighted by atomic mass is 10.1. The van der Waals surface area contributed by atoms with Crippen LogP contribution < -0.4 is 19.5 Å². The van der Waals surface area contributed by atoms with E-state index in [2.05, 4.69) is 10.0 Å². The number of rotatable bonds is 11. The minimum Gasteiger partial charge on any atom is -0.495 e. The quantitative estimate of drug-likeness (QED) is 0.390. The molecule has 178 valence electrons. The van der Waals surface area contributed by atoms with Crippen molar-refractivity contribution >= 4 is 33.1 Å². The maximum atomic E-state index is 13.0. The first kappa shape index (κ1) is 24.8. The Morgan fingerprint density at radius 1 is 0.882 bits per heavy atom. The van der Waals surface area contributed by atoms with Crippen LogP contribution in [-0.2, 0) is 14.8 Å². The molecule has 8 nitrogen and oxygen atoms in total. The Hall–Kier alpha value is -3.85. The van der Waals surface area contributed by atoms with Gasteiger partial charge < -0.3 is 14.8 Å². The summed E-state index contributed by atoms with van der Waals surface area (Å²) in [5.41, 5.74) is 1.15. The fraction of sp³-hybridized carbons (Fsp3) is 0.200. The Morgan fingerprint density at radius 3 is 2.21 bits per heavy atom. The van der Waals surface area contributed by atoms with Gasteiger partial charge in [0, 0.05) is 29.8 Å². The molecular weight excluding hydrogens is 456 g/mol. The van der Waals surface area contributed by atoms with Crippen molar-refractivity contribution in [3.8, 4) is 11.5 Å². The number of methoxy groups -OCH3 is 1. The van der Waals surface area contributed by atoms with Gasteiger partial charge in [0.25, 0.3) is 10.0 Å². The molecule has 1 amide bonds. The van der Waals surface area contributed by atoms with Crippen molar-refractivity contribution in [2.24, 2.45) is 0 Å². The summed E-state index contributed by atoms with van der Waals surface area (Å²) in [5, 5.41) is 2.64. The van der Waals surface area contributed by atoms with Crippen LogP contribution in [0.2, 0.25) is 0 Å². The van der Waals surface area contributed by atoms with Crippen molar-refractivity contribution in [3.63, 3.8) is 0 Å². The standard InChI is InChI=1S/C25H26N2O6S/c1-3-33-21-12-9-19(10-13-21)27-34(30,31)24-17-20(11-15-23(24)32-2)26-25(29)16-14-22(28)18-7-5-4-6-8-18/h4-13,15,17,27H,3,14,16H2,1-2H3,(H,26,29). The predicted octanol–water partition coefficient (Wildman–Crippen LogP) is 4.50. The third-order valence-electron chi connectivity index (χ3n) is 4.83. The van der Waals surface area contributed by atoms with Crippen LogP contribution in [0, 0.1) is 0 Å². The van der Waals surface area contributed by atoms with Gasteiger partial charge in [-0.15, -0.1) is 0 Å². The second-order valence-electron chi connectivity index (χ2n) is 7.27. The molecule has 0 aliphatic rings. The first-order valence-corrected chi connectivity index (χ1v) is 12.1. The molecule has 0 radical (unpaired) electrons. The van der Waals surface area contributed by atoms with E-state index in [1.165, 1.54) is 25.3 Å². The lowest BCUT2D eigenvalue weighted by Gasteiger charge is -2.14. The van der Waals surface area contributed by atoms with Crippen molar-refractivity contribution in [1.29, 1.82) is 0 Å². The summed E-state index contributed by atoms with van der Waals surface area (Å²) >= 11 is 0. The van der Waals surface area contributed by atoms with Gasteiger partial charge in [0.05, 0.1) is 13.7 Å². The molecule has 0 spiro atoms. The highest BCUT2D eigenvalue weighted by Gasteiger charge is 2.21. The van der Waals surface area contributed by atoms with Crippen molar-refractivity contribution in [3.05, 3.63) is 78.4 Å². The van der Waals surface area contributed by atoms with Gasteiger partial charge in [-0.2, -0.15) is 0 Å². The number of amides is 1. The zero-order valence-corrected chi connectivity index (χ0v) is 19.7. The van der Waals surface area contributed by atoms with E-state index in [1.807, 2.05) is 13.0 Å². The van der Waals surface area contributed by atoms with E-state index in [-0.39, 0.29) is 35.0 Å². The molecule has 9 heteroatoms. The number of carbonyl (C=O) groups excluding carboxylic acids is 2. The molecule has 3 aromatic carbocycles. The number of ketones is 1. The third-order valence-corrected chi connectivity index (χ3v) is 6.23. The molecule has 0 aliphatic heterocycles. The second-order valence-corrected chi connectivity index (χ2v) is 8.92. The molecule has 0 atom stereocenters. The van der Waals surface area contributed by atoms with Crippen molar-refractivity contribution < 1.29 is 27.5 Å². The molecule has 0 aliphatic carbocycles. The highest BCUT2D eigenvalue weighted by Crippen LogP contribution is 2.29. The number of hydrogen-bond acceptors (Lipinski definition) is 6. The van der Waals surface area contributed by atoms with E-state index in [1.54, 1.807) is 48.5 Å². The summed E-state index contributed by atoms with van der Waals surface area (Å²) in [5.74, 6) is 0.194. The van der Waals surface area contributed by atoms with Gasteiger partial charge in [-0.05, 0) is 49.4 Å². The van der Waals surface area contributed by atoms with Crippen LogP contribution in [0.15, 0.2) is 77.7 Å². The Morgan fingerprint density at radius 2 is 1.56 bits per heavy atom. The van der Waals surface area contributed by atoms with Crippen LogP contribution in [0.25, 0.3) is 0 Å². The maximum Gasteiger partial charge on any atom is 0.265 e. The molecular formula is C25H26N2O6S. The Kier molecular flexibility index (Phi) is 8.26. The summed E-state index contributed by atoms with van der Waals surface area (Å²) in [7, 11) is -2.66. The van der Waals surface area contributed by atoms with Crippen molar-refractivity contribution in [2.75, 3.05) is 23.8 Å². The smallest absolute Gasteiger partial charge is 0.265 e. The first-order chi connectivity index (χ1) is 16.3. The molecule has 0 saturated carbocycles. The molecule has 0 heterocycles. The molecule has 0 fully saturated rings. The van der Waals surface area contributed by atoms with Crippen LogP contribution in [0.1, 0.15) is 30.1 Å². The lowest BCUT2D eigenvalue weighted by Crippen LogP contribution is -2.16. The van der Waals surface area contributed by atoms with Gasteiger partial charge >= 0.3 is 0 Å². The van der Waals surface area contributed by atoms with Gasteiger partial charge in [-0.3, -0.25) is 14.3 Å². The van der Waals surface area contributed by atoms with E-state index < -0.39 is 15.9 Å². The number of nitrogens with one attached hydrogen (secondary N) is 2. The van der Waals surface area contributed by atoms with Crippen molar-refractivity contribution in [1.82, 2.24) is 0 Å². The number of anilines is 2. The summed E-state index contributed by atoms with van der Waals surface area (Å²) in [6.07, 6.45) is 0.00270. The highest BCUT2D eigenvalue weighted by atomic mass is 32.2. The van der Waals surface area contributed by atoms with E-state index in [0.29, 0.717) is 23.6 Å². The van der Waals surface area contributed by atoms with Gasteiger partial charge in [0.15, 0.2) is 5.78 Å². The highest BCUT2D eigenvalue weighted by molar-refractivity contribution is 7.92. The number of benzene rings is 3. The van der Waals surface area contributed by atoms with E-state index in [9.17, 15) is 18.0 Å². The van der Waals surface area contributed by atoms with Crippen LogP contribution in [-0.4, -0.2) is 33.8 Å². The minimum absolute atomic E-state index is 0.0354. The lowest BCUT2D eigenvalue weighted by molar-refractivity contribution is -0.116. The second kappa shape index (κ2) is 11.3. The number of sulfonamides is 1. The summed E-state index contributed by atoms with van der Waals surface area (Å²) in [4.78, 5) is 24.4. The summed E-state index contributed by atoms with van der Waals surface area (Å²) in [6.45, 7) is 2.36. The van der Waals surface area contributed by atoms with E-state index in [0.717, 1.165) is 0 Å². The van der Waals surface area contributed by atoms with Crippen LogP contribution in [0.4, 0.5) is 11.4 Å². The minimum atomic E-state index is -4.02. The SMILES string of the molecule is CCOc1ccc(NS(=O)(=O)c2cc(NC(=O)CCC(=O)c3ccccc3)ccc2OC)cc1. The van der Waals surface area contributed by atoms with Crippen molar-refractivity contribution in [2.45, 2.75) is 24.7 Å². The molecule has 3 rings (SSSR count). The monoisotopic (exact) mass is 482 g/mol. The Labute approximate surface area is 199 Å². The number of hydrogen-bond donors (Lipinski definition) is 2. The van der Waals surface area contributed by atoms with Gasteiger partial charge in [0.2, 0.25) is 5.91 Å². The third kappa shape index (κ3) is 6.58. The zero-order valence-electron chi connectivity index (χ0n) is 18.9.